The van der Waals surface area contributed by atoms with Crippen LogP contribution < -0.4 is 10.6 Å². The number of allylic oxidation sites excluding steroid dienone is 4. The number of unbranched alkanes of at least 4 members (excludes halogenated alkanes) is 2. The number of carbonyl (C=O) groups is 2. The molecule has 0 radical (unpaired) electrons. The van der Waals surface area contributed by atoms with E-state index >= 15 is 0 Å². The number of nitrogens with zero attached hydrogens (tertiary/aromatic N) is 1. The van der Waals surface area contributed by atoms with Gasteiger partial charge in [0.05, 0.1) is 12.7 Å². The highest BCUT2D eigenvalue weighted by atomic mass is 16.6. The van der Waals surface area contributed by atoms with Gasteiger partial charge in [-0.05, 0) is 64.5 Å². The van der Waals surface area contributed by atoms with Gasteiger partial charge in [-0.1, -0.05) is 38.2 Å². The maximum Gasteiger partial charge on any atom is 0.220 e. The molecule has 1 aliphatic rings. The molecular formula is C25H45N3O3. The second-order valence-corrected chi connectivity index (χ2v) is 8.21. The number of ether oxygens (including phenoxy) is 1. The van der Waals surface area contributed by atoms with Gasteiger partial charge in [0.1, 0.15) is 0 Å². The van der Waals surface area contributed by atoms with Crippen molar-refractivity contribution >= 4 is 11.8 Å². The molecule has 0 spiro atoms. The topological polar surface area (TPSA) is 74.0 Å². The molecular weight excluding hydrogens is 390 g/mol. The van der Waals surface area contributed by atoms with Crippen molar-refractivity contribution in [3.63, 3.8) is 0 Å². The van der Waals surface area contributed by atoms with Crippen LogP contribution in [0.25, 0.3) is 0 Å². The van der Waals surface area contributed by atoms with Gasteiger partial charge in [0.25, 0.3) is 0 Å². The highest BCUT2D eigenvalue weighted by Gasteiger charge is 2.25. The van der Waals surface area contributed by atoms with Crippen molar-refractivity contribution in [1.82, 2.24) is 15.5 Å². The Morgan fingerprint density at radius 1 is 0.839 bits per heavy atom. The van der Waals surface area contributed by atoms with Crippen molar-refractivity contribution in [2.45, 2.75) is 84.2 Å². The molecule has 1 fully saturated rings. The molecule has 178 valence electrons. The van der Waals surface area contributed by atoms with Crippen molar-refractivity contribution in [3.05, 3.63) is 24.3 Å². The summed E-state index contributed by atoms with van der Waals surface area (Å²) in [6, 6.07) is 0. The summed E-state index contributed by atoms with van der Waals surface area (Å²) in [4.78, 5) is 26.2. The maximum atomic E-state index is 11.9. The third-order valence-corrected chi connectivity index (χ3v) is 5.16. The van der Waals surface area contributed by atoms with Gasteiger partial charge in [-0.25, -0.2) is 0 Å². The van der Waals surface area contributed by atoms with E-state index in [0.717, 1.165) is 90.7 Å². The summed E-state index contributed by atoms with van der Waals surface area (Å²) < 4.78 is 5.38. The molecule has 2 amide bonds. The first-order valence-corrected chi connectivity index (χ1v) is 12.3. The Labute approximate surface area is 189 Å². The molecule has 0 aromatic heterocycles. The average molecular weight is 436 g/mol. The van der Waals surface area contributed by atoms with E-state index < -0.39 is 0 Å². The summed E-state index contributed by atoms with van der Waals surface area (Å²) in [5.74, 6) is 0.296. The van der Waals surface area contributed by atoms with Gasteiger partial charge in [0.15, 0.2) is 0 Å². The van der Waals surface area contributed by atoms with Crippen molar-refractivity contribution in [1.29, 1.82) is 0 Å². The molecule has 1 aliphatic heterocycles. The second kappa shape index (κ2) is 19.1. The van der Waals surface area contributed by atoms with E-state index in [1.54, 1.807) is 0 Å². The number of hydrogen-bond acceptors (Lipinski definition) is 4. The lowest BCUT2D eigenvalue weighted by Crippen LogP contribution is -2.34. The van der Waals surface area contributed by atoms with Gasteiger partial charge in [-0.15, -0.1) is 0 Å². The molecule has 6 nitrogen and oxygen atoms in total. The fourth-order valence-corrected chi connectivity index (χ4v) is 3.32. The Balaban J connectivity index is 2.08. The van der Waals surface area contributed by atoms with Crippen LogP contribution in [0.15, 0.2) is 24.3 Å². The van der Waals surface area contributed by atoms with E-state index in [9.17, 15) is 9.59 Å². The maximum absolute atomic E-state index is 11.9. The Kier molecular flexibility index (Phi) is 16.8. The minimum Gasteiger partial charge on any atom is -0.372 e. The zero-order chi connectivity index (χ0) is 22.6. The zero-order valence-electron chi connectivity index (χ0n) is 19.9. The highest BCUT2D eigenvalue weighted by Crippen LogP contribution is 2.11. The summed E-state index contributed by atoms with van der Waals surface area (Å²) in [6.45, 7) is 9.34. The van der Waals surface area contributed by atoms with Crippen LogP contribution in [0, 0.1) is 0 Å². The van der Waals surface area contributed by atoms with Crippen LogP contribution in [0.4, 0.5) is 0 Å². The van der Waals surface area contributed by atoms with Gasteiger partial charge < -0.3 is 20.3 Å². The third-order valence-electron chi connectivity index (χ3n) is 5.16. The molecule has 2 N–H and O–H groups in total. The third kappa shape index (κ3) is 17.7. The molecule has 1 saturated heterocycles. The van der Waals surface area contributed by atoms with Gasteiger partial charge in [-0.3, -0.25) is 9.59 Å². The van der Waals surface area contributed by atoms with Gasteiger partial charge >= 0.3 is 0 Å². The monoisotopic (exact) mass is 435 g/mol. The Morgan fingerprint density at radius 2 is 1.32 bits per heavy atom. The van der Waals surface area contributed by atoms with Crippen molar-refractivity contribution < 1.29 is 14.3 Å². The molecule has 1 heterocycles. The van der Waals surface area contributed by atoms with E-state index in [1.165, 1.54) is 0 Å². The van der Waals surface area contributed by atoms with Gasteiger partial charge in [-0.2, -0.15) is 0 Å². The summed E-state index contributed by atoms with van der Waals surface area (Å²) in [7, 11) is 0. The fraction of sp³-hybridized carbons (Fsp3) is 0.760. The number of amides is 2. The lowest BCUT2D eigenvalue weighted by molar-refractivity contribution is -0.122. The van der Waals surface area contributed by atoms with E-state index in [2.05, 4.69) is 53.7 Å². The largest absolute Gasteiger partial charge is 0.372 e. The molecule has 0 bridgehead atoms. The lowest BCUT2D eigenvalue weighted by atomic mass is 10.2. The van der Waals surface area contributed by atoms with Crippen LogP contribution in [0.2, 0.25) is 0 Å². The molecule has 1 atom stereocenters. The number of hydrogen-bond donors (Lipinski definition) is 2. The minimum atomic E-state index is 0.148. The molecule has 1 rings (SSSR count). The number of epoxide rings is 1. The van der Waals surface area contributed by atoms with Crippen molar-refractivity contribution in [2.75, 3.05) is 39.3 Å². The number of nitrogens with one attached hydrogen (secondary N) is 2. The fourth-order valence-electron chi connectivity index (χ4n) is 3.32. The number of rotatable bonds is 20. The molecule has 0 aromatic carbocycles. The van der Waals surface area contributed by atoms with Crippen LogP contribution in [0.5, 0.6) is 0 Å². The Bertz CT molecular complexity index is 490. The van der Waals surface area contributed by atoms with Crippen LogP contribution in [-0.2, 0) is 14.3 Å². The van der Waals surface area contributed by atoms with E-state index in [1.807, 2.05) is 0 Å². The van der Waals surface area contributed by atoms with Gasteiger partial charge in [0, 0.05) is 32.5 Å². The van der Waals surface area contributed by atoms with Crippen LogP contribution >= 0.6 is 0 Å². The smallest absolute Gasteiger partial charge is 0.220 e. The van der Waals surface area contributed by atoms with E-state index in [-0.39, 0.29) is 11.8 Å². The van der Waals surface area contributed by atoms with Crippen LogP contribution in [-0.4, -0.2) is 62.1 Å². The molecule has 0 saturated carbocycles. The summed E-state index contributed by atoms with van der Waals surface area (Å²) in [6.07, 6.45) is 17.9. The molecule has 0 aromatic rings. The molecule has 6 heteroatoms. The zero-order valence-corrected chi connectivity index (χ0v) is 19.9. The SMILES string of the molecule is CC/C=C/CCCC(=O)NCCCN(CCCNC(=O)CCC/C=C/CC)CC1CO1. The molecule has 31 heavy (non-hydrogen) atoms. The standard InChI is InChI=1S/C25H45N3O3/c1-3-5-7-9-11-15-24(29)26-17-13-19-28(21-23-22-31-23)20-14-18-27-25(30)16-12-10-8-6-4-2/h5-8,23H,3-4,9-22H2,1-2H3,(H,26,29)(H,27,30)/b7-5+,8-6+. The highest BCUT2D eigenvalue weighted by molar-refractivity contribution is 5.76. The summed E-state index contributed by atoms with van der Waals surface area (Å²) in [5, 5.41) is 6.06. The normalized spacial score (nSPS) is 15.8. The summed E-state index contributed by atoms with van der Waals surface area (Å²) in [5.41, 5.74) is 0. The second-order valence-electron chi connectivity index (χ2n) is 8.21. The minimum absolute atomic E-state index is 0.148. The van der Waals surface area contributed by atoms with Crippen LogP contribution in [0.3, 0.4) is 0 Å². The number of carbonyl (C=O) groups excluding carboxylic acids is 2. The molecule has 1 unspecified atom stereocenters. The van der Waals surface area contributed by atoms with Gasteiger partial charge in [0.2, 0.25) is 11.8 Å². The summed E-state index contributed by atoms with van der Waals surface area (Å²) >= 11 is 0. The predicted octanol–water partition coefficient (Wildman–Crippen LogP) is 3.97. The lowest BCUT2D eigenvalue weighted by Gasteiger charge is -2.21. The quantitative estimate of drug-likeness (QED) is 0.172. The first-order valence-electron chi connectivity index (χ1n) is 12.3. The van der Waals surface area contributed by atoms with Crippen LogP contribution in [0.1, 0.15) is 78.1 Å². The Hall–Kier alpha value is -1.66. The van der Waals surface area contributed by atoms with E-state index in [4.69, 9.17) is 4.74 Å². The molecule has 0 aliphatic carbocycles. The van der Waals surface area contributed by atoms with Crippen molar-refractivity contribution in [2.24, 2.45) is 0 Å². The first-order chi connectivity index (χ1) is 15.2. The van der Waals surface area contributed by atoms with E-state index in [0.29, 0.717) is 18.9 Å². The van der Waals surface area contributed by atoms with Crippen molar-refractivity contribution in [3.8, 4) is 0 Å². The Morgan fingerprint density at radius 3 is 1.74 bits per heavy atom. The predicted molar refractivity (Wildman–Crippen MR) is 128 cm³/mol. The first kappa shape index (κ1) is 27.4. The average Bonchev–Trinajstić information content (AvgIpc) is 3.57.